The standard InChI is InChI=1S/C13H25NO5P/c1-6-18-12(15)8-9-13(16)19-10-11-20(17,7-2)14(3,4)5/h8-9H,6-7,10-11H2,1-5H3/q+1/b9-8+. The lowest BCUT2D eigenvalue weighted by Crippen LogP contribution is -2.33. The quantitative estimate of drug-likeness (QED) is 0.387. The first kappa shape index (κ1) is 18.9. The molecule has 0 saturated heterocycles. The zero-order valence-corrected chi connectivity index (χ0v) is 13.8. The second-order valence-electron chi connectivity index (χ2n) is 5.08. The Kier molecular flexibility index (Phi) is 7.76. The Morgan fingerprint density at radius 1 is 1.05 bits per heavy atom. The number of hydrogen-bond donors (Lipinski definition) is 0. The van der Waals surface area contributed by atoms with Gasteiger partial charge in [0.1, 0.15) is 6.61 Å². The predicted molar refractivity (Wildman–Crippen MR) is 77.8 cm³/mol. The maximum absolute atomic E-state index is 12.6. The topological polar surface area (TPSA) is 69.7 Å². The summed E-state index contributed by atoms with van der Waals surface area (Å²) >= 11 is 0. The largest absolute Gasteiger partial charge is 0.463 e. The fraction of sp³-hybridized carbons (Fsp3) is 0.692. The van der Waals surface area contributed by atoms with Crippen LogP contribution in [0.4, 0.5) is 0 Å². The van der Waals surface area contributed by atoms with E-state index in [0.29, 0.717) is 16.6 Å². The Balaban J connectivity index is 4.28. The van der Waals surface area contributed by atoms with Crippen molar-refractivity contribution >= 4 is 19.2 Å². The number of hydrogen-bond acceptors (Lipinski definition) is 5. The first-order valence-corrected chi connectivity index (χ1v) is 8.61. The van der Waals surface area contributed by atoms with Gasteiger partial charge < -0.3 is 9.47 Å². The first-order chi connectivity index (χ1) is 9.16. The highest BCUT2D eigenvalue weighted by Crippen LogP contribution is 2.51. The summed E-state index contributed by atoms with van der Waals surface area (Å²) in [5.41, 5.74) is 0. The summed E-state index contributed by atoms with van der Waals surface area (Å²) in [5.74, 6) is -1.22. The van der Waals surface area contributed by atoms with Crippen LogP contribution in [-0.2, 0) is 23.6 Å². The highest BCUT2D eigenvalue weighted by atomic mass is 31.2. The van der Waals surface area contributed by atoms with Crippen LogP contribution in [0.1, 0.15) is 13.8 Å². The molecule has 0 rings (SSSR count). The average Bonchev–Trinajstić information content (AvgIpc) is 2.35. The molecule has 0 spiro atoms. The average molecular weight is 306 g/mol. The molecule has 0 aliphatic heterocycles. The maximum atomic E-state index is 12.6. The molecule has 6 nitrogen and oxygen atoms in total. The number of ether oxygens (including phenoxy) is 2. The van der Waals surface area contributed by atoms with E-state index in [-0.39, 0.29) is 13.2 Å². The molecular weight excluding hydrogens is 281 g/mol. The molecule has 0 amide bonds. The van der Waals surface area contributed by atoms with Gasteiger partial charge in [0.05, 0.1) is 33.9 Å². The van der Waals surface area contributed by atoms with Crippen molar-refractivity contribution in [1.82, 2.24) is 0 Å². The van der Waals surface area contributed by atoms with Crippen LogP contribution in [-0.4, -0.2) is 62.9 Å². The predicted octanol–water partition coefficient (Wildman–Crippen LogP) is 1.65. The van der Waals surface area contributed by atoms with Crippen LogP contribution in [0, 0.1) is 0 Å². The van der Waals surface area contributed by atoms with Gasteiger partial charge in [-0.1, -0.05) is 6.92 Å². The number of quaternary nitrogens is 1. The molecule has 1 unspecified atom stereocenters. The second-order valence-corrected chi connectivity index (χ2v) is 9.05. The number of rotatable bonds is 8. The lowest BCUT2D eigenvalue weighted by molar-refractivity contribution is -0.746. The Labute approximate surface area is 120 Å². The number of esters is 2. The molecule has 0 radical (unpaired) electrons. The first-order valence-electron chi connectivity index (χ1n) is 6.58. The molecular formula is C13H25NO5P+. The summed E-state index contributed by atoms with van der Waals surface area (Å²) in [5, 5.41) is 0. The van der Waals surface area contributed by atoms with Crippen LogP contribution in [0.3, 0.4) is 0 Å². The van der Waals surface area contributed by atoms with E-state index in [9.17, 15) is 14.2 Å². The molecule has 0 fully saturated rings. The summed E-state index contributed by atoms with van der Waals surface area (Å²) in [6.45, 7) is 3.87. The molecule has 116 valence electrons. The molecule has 0 aromatic rings. The minimum Gasteiger partial charge on any atom is -0.463 e. The third-order valence-corrected chi connectivity index (χ3v) is 6.97. The van der Waals surface area contributed by atoms with Crippen molar-refractivity contribution in [2.24, 2.45) is 0 Å². The van der Waals surface area contributed by atoms with Gasteiger partial charge >= 0.3 is 11.9 Å². The van der Waals surface area contributed by atoms with Crippen molar-refractivity contribution in [3.63, 3.8) is 0 Å². The van der Waals surface area contributed by atoms with Crippen LogP contribution in [0.15, 0.2) is 12.2 Å². The molecule has 0 aromatic heterocycles. The van der Waals surface area contributed by atoms with Crippen molar-refractivity contribution in [3.05, 3.63) is 12.2 Å². The highest BCUT2D eigenvalue weighted by molar-refractivity contribution is 7.58. The Morgan fingerprint density at radius 3 is 1.95 bits per heavy atom. The molecule has 1 atom stereocenters. The van der Waals surface area contributed by atoms with Crippen LogP contribution < -0.4 is 0 Å². The lowest BCUT2D eigenvalue weighted by atomic mass is 10.5. The Bertz CT molecular complexity index is 411. The SMILES string of the molecule is CCOC(=O)/C=C/C(=O)OCCP(=O)(CC)[N+](C)(C)C. The zero-order chi connectivity index (χ0) is 15.8. The summed E-state index contributed by atoms with van der Waals surface area (Å²) in [4.78, 5) is 22.4. The third kappa shape index (κ3) is 6.35. The van der Waals surface area contributed by atoms with E-state index in [1.54, 1.807) is 6.92 Å². The van der Waals surface area contributed by atoms with Gasteiger partial charge in [0.2, 0.25) is 0 Å². The van der Waals surface area contributed by atoms with Gasteiger partial charge in [-0.2, -0.15) is 0 Å². The van der Waals surface area contributed by atoms with E-state index in [1.165, 1.54) is 0 Å². The van der Waals surface area contributed by atoms with Crippen LogP contribution in [0.5, 0.6) is 0 Å². The second kappa shape index (κ2) is 8.22. The van der Waals surface area contributed by atoms with Gasteiger partial charge in [0.25, 0.3) is 7.29 Å². The molecule has 0 aliphatic rings. The Hall–Kier alpha value is -1.13. The maximum Gasteiger partial charge on any atom is 0.331 e. The highest BCUT2D eigenvalue weighted by Gasteiger charge is 2.34. The summed E-state index contributed by atoms with van der Waals surface area (Å²) < 4.78 is 22.6. The monoisotopic (exact) mass is 306 g/mol. The fourth-order valence-corrected chi connectivity index (χ4v) is 3.69. The lowest BCUT2D eigenvalue weighted by Gasteiger charge is -2.33. The molecule has 0 aromatic carbocycles. The minimum absolute atomic E-state index is 0.0760. The van der Waals surface area contributed by atoms with Crippen LogP contribution in [0.2, 0.25) is 0 Å². The zero-order valence-electron chi connectivity index (χ0n) is 12.9. The Morgan fingerprint density at radius 2 is 1.55 bits per heavy atom. The normalized spacial score (nSPS) is 14.8. The minimum atomic E-state index is -2.44. The van der Waals surface area contributed by atoms with Crippen molar-refractivity contribution in [2.75, 3.05) is 46.7 Å². The van der Waals surface area contributed by atoms with E-state index in [4.69, 9.17) is 4.74 Å². The van der Waals surface area contributed by atoms with Gasteiger partial charge in [0, 0.05) is 18.3 Å². The van der Waals surface area contributed by atoms with E-state index in [0.717, 1.165) is 12.2 Å². The van der Waals surface area contributed by atoms with E-state index < -0.39 is 19.2 Å². The van der Waals surface area contributed by atoms with Gasteiger partial charge in [0.15, 0.2) is 0 Å². The summed E-state index contributed by atoms with van der Waals surface area (Å²) in [6.07, 6.45) is 2.91. The summed E-state index contributed by atoms with van der Waals surface area (Å²) in [6, 6.07) is 0. The van der Waals surface area contributed by atoms with E-state index in [1.807, 2.05) is 28.1 Å². The number of carbonyl (C=O) groups excluding carboxylic acids is 2. The van der Waals surface area contributed by atoms with Crippen molar-refractivity contribution in [3.8, 4) is 0 Å². The van der Waals surface area contributed by atoms with E-state index >= 15 is 0 Å². The molecule has 7 heteroatoms. The van der Waals surface area contributed by atoms with Gasteiger partial charge in [-0.05, 0) is 6.92 Å². The van der Waals surface area contributed by atoms with Gasteiger partial charge in [-0.3, -0.25) is 8.82 Å². The van der Waals surface area contributed by atoms with Gasteiger partial charge in [-0.15, -0.1) is 0 Å². The molecule has 0 N–H and O–H groups in total. The number of carbonyl (C=O) groups is 2. The van der Waals surface area contributed by atoms with Crippen molar-refractivity contribution in [2.45, 2.75) is 13.8 Å². The van der Waals surface area contributed by atoms with Gasteiger partial charge in [-0.25, -0.2) is 9.59 Å². The number of nitrogens with zero attached hydrogens (tertiary/aromatic N) is 1. The molecule has 0 aliphatic carbocycles. The molecule has 0 bridgehead atoms. The van der Waals surface area contributed by atoms with Crippen LogP contribution in [0.25, 0.3) is 0 Å². The smallest absolute Gasteiger partial charge is 0.331 e. The summed E-state index contributed by atoms with van der Waals surface area (Å²) in [7, 11) is 3.16. The molecule has 20 heavy (non-hydrogen) atoms. The third-order valence-electron chi connectivity index (χ3n) is 2.91. The van der Waals surface area contributed by atoms with Crippen LogP contribution >= 0.6 is 7.29 Å². The van der Waals surface area contributed by atoms with E-state index in [2.05, 4.69) is 4.74 Å². The van der Waals surface area contributed by atoms with Crippen molar-refractivity contribution in [1.29, 1.82) is 0 Å². The van der Waals surface area contributed by atoms with Crippen molar-refractivity contribution < 1.29 is 27.9 Å². The fourth-order valence-electron chi connectivity index (χ4n) is 1.55. The molecule has 0 heterocycles. The molecule has 0 saturated carbocycles.